The summed E-state index contributed by atoms with van der Waals surface area (Å²) in [7, 11) is -0.458. The van der Waals surface area contributed by atoms with Crippen LogP contribution in [0.25, 0.3) is 0 Å². The van der Waals surface area contributed by atoms with E-state index in [1.165, 1.54) is 0 Å². The van der Waals surface area contributed by atoms with Crippen LogP contribution in [0.1, 0.15) is 48.5 Å². The lowest BCUT2D eigenvalue weighted by Gasteiger charge is -2.32. The summed E-state index contributed by atoms with van der Waals surface area (Å²) in [5.74, 6) is 0. The smallest absolute Gasteiger partial charge is 0.444 e. The summed E-state index contributed by atoms with van der Waals surface area (Å²) >= 11 is 0. The quantitative estimate of drug-likeness (QED) is 0.850. The van der Waals surface area contributed by atoms with Gasteiger partial charge in [-0.3, -0.25) is 5.32 Å². The number of hydrogen-bond acceptors (Lipinski definition) is 4. The molecule has 0 saturated carbocycles. The average molecular weight is 319 g/mol. The number of amides is 1. The molecule has 1 aliphatic heterocycles. The minimum atomic E-state index is -0.534. The fraction of sp³-hybridized carbons (Fsp3) is 0.588. The first-order valence-electron chi connectivity index (χ1n) is 7.85. The molecule has 1 aliphatic rings. The van der Waals surface area contributed by atoms with E-state index in [1.54, 1.807) is 6.07 Å². The van der Waals surface area contributed by atoms with Crippen LogP contribution in [0.3, 0.4) is 0 Å². The second-order valence-electron chi connectivity index (χ2n) is 7.84. The van der Waals surface area contributed by atoms with Gasteiger partial charge >= 0.3 is 13.2 Å². The van der Waals surface area contributed by atoms with Crippen LogP contribution < -0.4 is 10.8 Å². The Morgan fingerprint density at radius 3 is 2.22 bits per heavy atom. The van der Waals surface area contributed by atoms with Crippen LogP contribution >= 0.6 is 0 Å². The van der Waals surface area contributed by atoms with Crippen LogP contribution in [-0.4, -0.2) is 30.0 Å². The van der Waals surface area contributed by atoms with Crippen molar-refractivity contribution >= 4 is 24.4 Å². The Morgan fingerprint density at radius 2 is 1.70 bits per heavy atom. The molecule has 0 radical (unpaired) electrons. The third-order valence-electron chi connectivity index (χ3n) is 4.06. The van der Waals surface area contributed by atoms with Gasteiger partial charge in [0.15, 0.2) is 0 Å². The first-order valence-corrected chi connectivity index (χ1v) is 7.85. The van der Waals surface area contributed by atoms with E-state index in [0.29, 0.717) is 5.69 Å². The van der Waals surface area contributed by atoms with Crippen molar-refractivity contribution in [3.05, 3.63) is 24.3 Å². The van der Waals surface area contributed by atoms with Crippen molar-refractivity contribution < 1.29 is 18.8 Å². The Labute approximate surface area is 138 Å². The fourth-order valence-corrected chi connectivity index (χ4v) is 2.16. The molecular formula is C17H26BNO4. The summed E-state index contributed by atoms with van der Waals surface area (Å²) in [4.78, 5) is 11.9. The zero-order valence-electron chi connectivity index (χ0n) is 15.0. The van der Waals surface area contributed by atoms with Crippen molar-refractivity contribution in [1.82, 2.24) is 0 Å². The van der Waals surface area contributed by atoms with Gasteiger partial charge in [0.2, 0.25) is 0 Å². The number of hydrogen-bond donors (Lipinski definition) is 1. The van der Waals surface area contributed by atoms with E-state index >= 15 is 0 Å². The number of ether oxygens (including phenoxy) is 1. The third-order valence-corrected chi connectivity index (χ3v) is 4.06. The summed E-state index contributed by atoms with van der Waals surface area (Å²) in [5, 5.41) is 2.73. The molecule has 5 nitrogen and oxygen atoms in total. The van der Waals surface area contributed by atoms with E-state index < -0.39 is 30.0 Å². The highest BCUT2D eigenvalue weighted by Gasteiger charge is 2.51. The zero-order valence-corrected chi connectivity index (χ0v) is 15.0. The maximum Gasteiger partial charge on any atom is 0.494 e. The Balaban J connectivity index is 2.11. The standard InChI is InChI=1S/C17H26BNO4/c1-15(2,3)21-14(20)19-13-10-8-9-12(11-13)18-22-16(4,5)17(6,7)23-18/h8-11H,1-7H3,(H,19,20). The van der Waals surface area contributed by atoms with E-state index in [9.17, 15) is 4.79 Å². The molecule has 2 rings (SSSR count). The van der Waals surface area contributed by atoms with E-state index in [2.05, 4.69) is 5.32 Å². The molecule has 126 valence electrons. The highest BCUT2D eigenvalue weighted by molar-refractivity contribution is 6.62. The van der Waals surface area contributed by atoms with Gasteiger partial charge in [0.25, 0.3) is 0 Å². The van der Waals surface area contributed by atoms with Crippen molar-refractivity contribution in [2.24, 2.45) is 0 Å². The molecule has 0 atom stereocenters. The number of nitrogens with one attached hydrogen (secondary N) is 1. The van der Waals surface area contributed by atoms with Gasteiger partial charge in [-0.1, -0.05) is 12.1 Å². The Hall–Kier alpha value is -1.53. The summed E-state index contributed by atoms with van der Waals surface area (Å²) in [5.41, 5.74) is 0.176. The SMILES string of the molecule is CC(C)(C)OC(=O)Nc1cccc(B2OC(C)(C)C(C)(C)O2)c1. The molecule has 1 fully saturated rings. The number of carbonyl (C=O) groups excluding carboxylic acids is 1. The van der Waals surface area contributed by atoms with Crippen molar-refractivity contribution in [3.63, 3.8) is 0 Å². The lowest BCUT2D eigenvalue weighted by molar-refractivity contribution is 0.00578. The maximum atomic E-state index is 11.9. The molecule has 23 heavy (non-hydrogen) atoms. The molecule has 0 spiro atoms. The zero-order chi connectivity index (χ0) is 17.5. The van der Waals surface area contributed by atoms with Crippen molar-refractivity contribution in [2.75, 3.05) is 5.32 Å². The number of carbonyl (C=O) groups is 1. The van der Waals surface area contributed by atoms with Crippen molar-refractivity contribution in [2.45, 2.75) is 65.3 Å². The van der Waals surface area contributed by atoms with E-state index in [0.717, 1.165) is 5.46 Å². The van der Waals surface area contributed by atoms with Crippen molar-refractivity contribution in [1.29, 1.82) is 0 Å². The van der Waals surface area contributed by atoms with Gasteiger partial charge in [0, 0.05) is 5.69 Å². The largest absolute Gasteiger partial charge is 0.494 e. The summed E-state index contributed by atoms with van der Waals surface area (Å²) in [6, 6.07) is 7.42. The monoisotopic (exact) mass is 319 g/mol. The van der Waals surface area contributed by atoms with Crippen molar-refractivity contribution in [3.8, 4) is 0 Å². The van der Waals surface area contributed by atoms with E-state index in [1.807, 2.05) is 66.7 Å². The topological polar surface area (TPSA) is 56.8 Å². The van der Waals surface area contributed by atoms with E-state index in [4.69, 9.17) is 14.0 Å². The van der Waals surface area contributed by atoms with Crippen LogP contribution in [-0.2, 0) is 14.0 Å². The molecule has 1 aromatic carbocycles. The maximum absolute atomic E-state index is 11.9. The lowest BCUT2D eigenvalue weighted by Crippen LogP contribution is -2.41. The van der Waals surface area contributed by atoms with Gasteiger partial charge < -0.3 is 14.0 Å². The lowest BCUT2D eigenvalue weighted by atomic mass is 9.79. The van der Waals surface area contributed by atoms with Gasteiger partial charge in [-0.15, -0.1) is 0 Å². The van der Waals surface area contributed by atoms with Gasteiger partial charge in [0.05, 0.1) is 11.2 Å². The fourth-order valence-electron chi connectivity index (χ4n) is 2.16. The predicted octanol–water partition coefficient (Wildman–Crippen LogP) is 3.33. The highest BCUT2D eigenvalue weighted by Crippen LogP contribution is 2.36. The Morgan fingerprint density at radius 1 is 1.13 bits per heavy atom. The molecule has 1 saturated heterocycles. The molecule has 0 aliphatic carbocycles. The summed E-state index contributed by atoms with van der Waals surface area (Å²) in [6.07, 6.45) is -0.483. The number of anilines is 1. The Bertz CT molecular complexity index is 577. The highest BCUT2D eigenvalue weighted by atomic mass is 16.7. The second kappa shape index (κ2) is 5.84. The molecule has 6 heteroatoms. The number of benzene rings is 1. The molecule has 0 bridgehead atoms. The molecule has 1 amide bonds. The number of rotatable bonds is 2. The molecule has 1 N–H and O–H groups in total. The molecular weight excluding hydrogens is 293 g/mol. The minimum absolute atomic E-state index is 0.397. The minimum Gasteiger partial charge on any atom is -0.444 e. The van der Waals surface area contributed by atoms with Gasteiger partial charge in [-0.25, -0.2) is 4.79 Å². The normalized spacial score (nSPS) is 19.5. The van der Waals surface area contributed by atoms with Gasteiger partial charge in [0.1, 0.15) is 5.60 Å². The summed E-state index contributed by atoms with van der Waals surface area (Å²) in [6.45, 7) is 13.5. The molecule has 0 aromatic heterocycles. The molecule has 1 heterocycles. The summed E-state index contributed by atoms with van der Waals surface area (Å²) < 4.78 is 17.3. The third kappa shape index (κ3) is 4.27. The molecule has 0 unspecified atom stereocenters. The second-order valence-corrected chi connectivity index (χ2v) is 7.84. The van der Waals surface area contributed by atoms with Crippen LogP contribution in [0, 0.1) is 0 Å². The van der Waals surface area contributed by atoms with Crippen LogP contribution in [0.5, 0.6) is 0 Å². The average Bonchev–Trinajstić information content (AvgIpc) is 2.56. The first-order chi connectivity index (χ1) is 10.4. The van der Waals surface area contributed by atoms with Crippen LogP contribution in [0.15, 0.2) is 24.3 Å². The van der Waals surface area contributed by atoms with Gasteiger partial charge in [-0.05, 0) is 66.1 Å². The van der Waals surface area contributed by atoms with Gasteiger partial charge in [-0.2, -0.15) is 0 Å². The first kappa shape index (κ1) is 17.8. The van der Waals surface area contributed by atoms with E-state index in [-0.39, 0.29) is 0 Å². The molecule has 1 aromatic rings. The Kier molecular flexibility index (Phi) is 4.52. The van der Waals surface area contributed by atoms with Crippen LogP contribution in [0.4, 0.5) is 10.5 Å². The van der Waals surface area contributed by atoms with Crippen LogP contribution in [0.2, 0.25) is 0 Å². The predicted molar refractivity (Wildman–Crippen MR) is 92.0 cm³/mol.